The molecule has 0 atom stereocenters. The van der Waals surface area contributed by atoms with Crippen LogP contribution in [0.3, 0.4) is 0 Å². The highest BCUT2D eigenvalue weighted by molar-refractivity contribution is 5.44. The Balaban J connectivity index is 3.22. The molecule has 84 valence electrons. The number of ether oxygens (including phenoxy) is 2. The Hall–Kier alpha value is -1.02. The van der Waals surface area contributed by atoms with Crippen molar-refractivity contribution in [2.45, 2.75) is 32.8 Å². The van der Waals surface area contributed by atoms with Crippen molar-refractivity contribution >= 4 is 0 Å². The van der Waals surface area contributed by atoms with Crippen LogP contribution in [0.4, 0.5) is 0 Å². The zero-order valence-electron chi connectivity index (χ0n) is 10.3. The molecule has 0 aliphatic rings. The lowest BCUT2D eigenvalue weighted by atomic mass is 9.85. The lowest BCUT2D eigenvalue weighted by Crippen LogP contribution is -2.14. The van der Waals surface area contributed by atoms with E-state index in [1.807, 2.05) is 6.07 Å². The first-order chi connectivity index (χ1) is 7.00. The molecule has 1 rings (SSSR count). The van der Waals surface area contributed by atoms with Gasteiger partial charge in [-0.05, 0) is 11.0 Å². The van der Waals surface area contributed by atoms with E-state index >= 15 is 0 Å². The first-order valence-corrected chi connectivity index (χ1v) is 5.16. The average Bonchev–Trinajstić information content (AvgIpc) is 2.16. The monoisotopic (exact) mass is 208 g/mol. The third-order valence-corrected chi connectivity index (χ3v) is 2.41. The number of benzene rings is 1. The summed E-state index contributed by atoms with van der Waals surface area (Å²) < 4.78 is 10.6. The zero-order valence-corrected chi connectivity index (χ0v) is 10.3. The van der Waals surface area contributed by atoms with Gasteiger partial charge in [0.15, 0.2) is 0 Å². The Kier molecular flexibility index (Phi) is 3.75. The summed E-state index contributed by atoms with van der Waals surface area (Å²) in [5.41, 5.74) is 2.42. The van der Waals surface area contributed by atoms with Crippen LogP contribution in [0.5, 0.6) is 5.75 Å². The van der Waals surface area contributed by atoms with Gasteiger partial charge in [0.25, 0.3) is 0 Å². The van der Waals surface area contributed by atoms with Gasteiger partial charge in [-0.2, -0.15) is 0 Å². The maximum Gasteiger partial charge on any atom is 0.128 e. The summed E-state index contributed by atoms with van der Waals surface area (Å²) in [7, 11) is 3.41. The van der Waals surface area contributed by atoms with E-state index in [2.05, 4.69) is 32.9 Å². The van der Waals surface area contributed by atoms with Crippen LogP contribution in [0.1, 0.15) is 31.9 Å². The average molecular weight is 208 g/mol. The summed E-state index contributed by atoms with van der Waals surface area (Å²) in [5, 5.41) is 0. The predicted molar refractivity (Wildman–Crippen MR) is 62.4 cm³/mol. The molecule has 2 nitrogen and oxygen atoms in total. The molecule has 0 N–H and O–H groups in total. The number of rotatable bonds is 3. The smallest absolute Gasteiger partial charge is 0.128 e. The van der Waals surface area contributed by atoms with Crippen LogP contribution in [0, 0.1) is 0 Å². The van der Waals surface area contributed by atoms with Crippen molar-refractivity contribution in [2.75, 3.05) is 14.2 Å². The summed E-state index contributed by atoms with van der Waals surface area (Å²) in [6.07, 6.45) is 0. The summed E-state index contributed by atoms with van der Waals surface area (Å²) >= 11 is 0. The number of para-hydroxylation sites is 1. The van der Waals surface area contributed by atoms with Gasteiger partial charge in [0, 0.05) is 12.7 Å². The molecule has 0 unspecified atom stereocenters. The molecule has 15 heavy (non-hydrogen) atoms. The molecule has 0 aromatic heterocycles. The van der Waals surface area contributed by atoms with Crippen LogP contribution in [0.25, 0.3) is 0 Å². The fourth-order valence-electron chi connectivity index (χ4n) is 1.69. The highest BCUT2D eigenvalue weighted by atomic mass is 16.5. The van der Waals surface area contributed by atoms with Gasteiger partial charge in [-0.1, -0.05) is 39.0 Å². The van der Waals surface area contributed by atoms with Gasteiger partial charge >= 0.3 is 0 Å². The van der Waals surface area contributed by atoms with Crippen LogP contribution >= 0.6 is 0 Å². The molecule has 0 amide bonds. The van der Waals surface area contributed by atoms with Crippen molar-refractivity contribution in [1.29, 1.82) is 0 Å². The fourth-order valence-corrected chi connectivity index (χ4v) is 1.69. The van der Waals surface area contributed by atoms with Gasteiger partial charge in [0.2, 0.25) is 0 Å². The SMILES string of the molecule is COCc1cccc(C(C)(C)C)c1OC. The Morgan fingerprint density at radius 2 is 1.80 bits per heavy atom. The minimum absolute atomic E-state index is 0.0924. The Morgan fingerprint density at radius 1 is 1.13 bits per heavy atom. The van der Waals surface area contributed by atoms with E-state index in [0.29, 0.717) is 6.61 Å². The zero-order chi connectivity index (χ0) is 11.5. The normalized spacial score (nSPS) is 11.5. The van der Waals surface area contributed by atoms with Crippen molar-refractivity contribution in [1.82, 2.24) is 0 Å². The minimum Gasteiger partial charge on any atom is -0.496 e. The Bertz CT molecular complexity index is 324. The molecule has 0 fully saturated rings. The lowest BCUT2D eigenvalue weighted by molar-refractivity contribution is 0.181. The van der Waals surface area contributed by atoms with Crippen LogP contribution in [-0.4, -0.2) is 14.2 Å². The molecular formula is C13H20O2. The molecule has 0 saturated carbocycles. The van der Waals surface area contributed by atoms with Gasteiger partial charge in [0.1, 0.15) is 5.75 Å². The predicted octanol–water partition coefficient (Wildman–Crippen LogP) is 3.14. The quantitative estimate of drug-likeness (QED) is 0.759. The van der Waals surface area contributed by atoms with Crippen molar-refractivity contribution in [3.8, 4) is 5.75 Å². The second-order valence-electron chi connectivity index (χ2n) is 4.68. The molecule has 0 aliphatic carbocycles. The van der Waals surface area contributed by atoms with Gasteiger partial charge in [-0.3, -0.25) is 0 Å². The molecule has 0 bridgehead atoms. The molecule has 2 heteroatoms. The van der Waals surface area contributed by atoms with Crippen LogP contribution in [-0.2, 0) is 16.8 Å². The van der Waals surface area contributed by atoms with Gasteiger partial charge < -0.3 is 9.47 Å². The Morgan fingerprint density at radius 3 is 2.27 bits per heavy atom. The fraction of sp³-hybridized carbons (Fsp3) is 0.538. The third-order valence-electron chi connectivity index (χ3n) is 2.41. The standard InChI is InChI=1S/C13H20O2/c1-13(2,3)11-8-6-7-10(9-14-4)12(11)15-5/h6-8H,9H2,1-5H3. The summed E-state index contributed by atoms with van der Waals surface area (Å²) in [5.74, 6) is 0.951. The van der Waals surface area contributed by atoms with Crippen molar-refractivity contribution in [3.05, 3.63) is 29.3 Å². The van der Waals surface area contributed by atoms with E-state index < -0.39 is 0 Å². The summed E-state index contributed by atoms with van der Waals surface area (Å²) in [6, 6.07) is 6.20. The Labute approximate surface area is 92.2 Å². The van der Waals surface area contributed by atoms with Crippen LogP contribution < -0.4 is 4.74 Å². The van der Waals surface area contributed by atoms with Crippen molar-refractivity contribution in [2.24, 2.45) is 0 Å². The second-order valence-corrected chi connectivity index (χ2v) is 4.68. The van der Waals surface area contributed by atoms with E-state index in [-0.39, 0.29) is 5.41 Å². The van der Waals surface area contributed by atoms with Crippen LogP contribution in [0.15, 0.2) is 18.2 Å². The molecule has 0 aliphatic heterocycles. The molecule has 1 aromatic rings. The molecule has 0 heterocycles. The summed E-state index contributed by atoms with van der Waals surface area (Å²) in [6.45, 7) is 7.14. The van der Waals surface area contributed by atoms with Crippen LogP contribution in [0.2, 0.25) is 0 Å². The lowest BCUT2D eigenvalue weighted by Gasteiger charge is -2.23. The summed E-state index contributed by atoms with van der Waals surface area (Å²) in [4.78, 5) is 0. The maximum atomic E-state index is 5.48. The largest absolute Gasteiger partial charge is 0.496 e. The molecule has 0 saturated heterocycles. The molecule has 0 spiro atoms. The first-order valence-electron chi connectivity index (χ1n) is 5.16. The van der Waals surface area contributed by atoms with E-state index in [1.165, 1.54) is 5.56 Å². The number of methoxy groups -OCH3 is 2. The highest BCUT2D eigenvalue weighted by Crippen LogP contribution is 2.34. The van der Waals surface area contributed by atoms with E-state index in [1.54, 1.807) is 14.2 Å². The number of hydrogen-bond donors (Lipinski definition) is 0. The third kappa shape index (κ3) is 2.72. The highest BCUT2D eigenvalue weighted by Gasteiger charge is 2.20. The van der Waals surface area contributed by atoms with E-state index in [9.17, 15) is 0 Å². The molecular weight excluding hydrogens is 188 g/mol. The van der Waals surface area contributed by atoms with E-state index in [0.717, 1.165) is 11.3 Å². The molecule has 0 radical (unpaired) electrons. The van der Waals surface area contributed by atoms with Gasteiger partial charge in [-0.25, -0.2) is 0 Å². The van der Waals surface area contributed by atoms with Crippen molar-refractivity contribution < 1.29 is 9.47 Å². The maximum absolute atomic E-state index is 5.48. The van der Waals surface area contributed by atoms with Gasteiger partial charge in [-0.15, -0.1) is 0 Å². The van der Waals surface area contributed by atoms with E-state index in [4.69, 9.17) is 9.47 Å². The second kappa shape index (κ2) is 4.67. The first kappa shape index (κ1) is 12.1. The molecule has 1 aromatic carbocycles. The minimum atomic E-state index is 0.0924. The van der Waals surface area contributed by atoms with Crippen molar-refractivity contribution in [3.63, 3.8) is 0 Å². The van der Waals surface area contributed by atoms with Gasteiger partial charge in [0.05, 0.1) is 13.7 Å². The number of hydrogen-bond acceptors (Lipinski definition) is 2. The topological polar surface area (TPSA) is 18.5 Å².